The molecule has 0 spiro atoms. The number of thioether (sulfide) groups is 1. The highest BCUT2D eigenvalue weighted by Crippen LogP contribution is 2.23. The summed E-state index contributed by atoms with van der Waals surface area (Å²) in [5, 5.41) is 41.1. The average molecular weight is 352 g/mol. The van der Waals surface area contributed by atoms with Gasteiger partial charge < -0.3 is 20.4 Å². The first kappa shape index (κ1) is 21.6. The molecule has 134 valence electrons. The fourth-order valence-electron chi connectivity index (χ4n) is 1.50. The topological polar surface area (TPSA) is 156 Å². The number of nitrogens with one attached hydrogen (secondary N) is 2. The summed E-state index contributed by atoms with van der Waals surface area (Å²) < 4.78 is -0.168. The number of carbonyl (C=O) groups is 3. The molecule has 9 nitrogen and oxygen atoms in total. The maximum absolute atomic E-state index is 11.2. The molecule has 0 fully saturated rings. The van der Waals surface area contributed by atoms with Crippen molar-refractivity contribution in [3.8, 4) is 0 Å². The maximum atomic E-state index is 11.2. The molecule has 0 aromatic heterocycles. The van der Waals surface area contributed by atoms with Gasteiger partial charge in [0.2, 0.25) is 0 Å². The molecule has 0 saturated heterocycles. The molecule has 0 saturated carbocycles. The van der Waals surface area contributed by atoms with Crippen LogP contribution in [0, 0.1) is 0 Å². The van der Waals surface area contributed by atoms with Crippen LogP contribution < -0.4 is 10.6 Å². The third kappa shape index (κ3) is 10.9. The van der Waals surface area contributed by atoms with Crippen LogP contribution in [-0.4, -0.2) is 67.3 Å². The van der Waals surface area contributed by atoms with Crippen molar-refractivity contribution in [2.45, 2.75) is 56.8 Å². The second-order valence-corrected chi connectivity index (χ2v) is 7.72. The lowest BCUT2D eigenvalue weighted by atomic mass is 10.1. The van der Waals surface area contributed by atoms with E-state index in [1.807, 2.05) is 20.8 Å². The number of aliphatic hydroxyl groups is 1. The van der Waals surface area contributed by atoms with Gasteiger partial charge in [0.25, 0.3) is 0 Å². The van der Waals surface area contributed by atoms with Gasteiger partial charge in [-0.2, -0.15) is 11.8 Å². The van der Waals surface area contributed by atoms with Crippen LogP contribution in [0.15, 0.2) is 0 Å². The average Bonchev–Trinajstić information content (AvgIpc) is 2.37. The van der Waals surface area contributed by atoms with Gasteiger partial charge in [-0.15, -0.1) is 0 Å². The molecule has 0 bridgehead atoms. The van der Waals surface area contributed by atoms with Crippen molar-refractivity contribution >= 4 is 29.7 Å². The summed E-state index contributed by atoms with van der Waals surface area (Å²) in [6.07, 6.45) is -2.22. The van der Waals surface area contributed by atoms with E-state index < -0.39 is 36.3 Å². The molecule has 23 heavy (non-hydrogen) atoms. The molecule has 0 rings (SSSR count). The van der Waals surface area contributed by atoms with Crippen molar-refractivity contribution in [3.63, 3.8) is 0 Å². The molecule has 0 aromatic carbocycles. The summed E-state index contributed by atoms with van der Waals surface area (Å²) in [7, 11) is 0. The smallest absolute Gasteiger partial charge is 0.321 e. The van der Waals surface area contributed by atoms with E-state index in [9.17, 15) is 19.5 Å². The Hall–Kier alpha value is -1.36. The highest BCUT2D eigenvalue weighted by atomic mass is 32.2. The van der Waals surface area contributed by atoms with E-state index in [1.54, 1.807) is 0 Å². The zero-order chi connectivity index (χ0) is 18.2. The lowest BCUT2D eigenvalue weighted by Gasteiger charge is -2.25. The Bertz CT molecular complexity index is 425. The van der Waals surface area contributed by atoms with E-state index in [0.29, 0.717) is 0 Å². The third-order valence-electron chi connectivity index (χ3n) is 2.64. The molecule has 0 aliphatic heterocycles. The summed E-state index contributed by atoms with van der Waals surface area (Å²) >= 11 is 1.38. The van der Waals surface area contributed by atoms with Crippen LogP contribution in [0.2, 0.25) is 0 Å². The number of hydrogen-bond donors (Lipinski definition) is 6. The molecule has 6 N–H and O–H groups in total. The molecule has 0 amide bonds. The molecule has 0 radical (unpaired) electrons. The van der Waals surface area contributed by atoms with E-state index in [-0.39, 0.29) is 23.3 Å². The minimum Gasteiger partial charge on any atom is -0.481 e. The Labute approximate surface area is 138 Å². The lowest BCUT2D eigenvalue weighted by molar-refractivity contribution is -0.142. The van der Waals surface area contributed by atoms with E-state index in [0.717, 1.165) is 0 Å². The first-order valence-corrected chi connectivity index (χ1v) is 7.92. The Kier molecular flexibility index (Phi) is 9.13. The van der Waals surface area contributed by atoms with Crippen LogP contribution >= 0.6 is 11.8 Å². The molecule has 3 atom stereocenters. The summed E-state index contributed by atoms with van der Waals surface area (Å²) in [4.78, 5) is 32.7. The molecule has 10 heteroatoms. The van der Waals surface area contributed by atoms with Crippen LogP contribution in [-0.2, 0) is 14.4 Å². The highest BCUT2D eigenvalue weighted by Gasteiger charge is 2.26. The van der Waals surface area contributed by atoms with E-state index in [1.165, 1.54) is 11.8 Å². The molecule has 0 aliphatic rings. The number of carboxylic acid groups (broad SMARTS) is 3. The quantitative estimate of drug-likeness (QED) is 0.274. The highest BCUT2D eigenvalue weighted by molar-refractivity contribution is 8.00. The third-order valence-corrected chi connectivity index (χ3v) is 4.01. The van der Waals surface area contributed by atoms with Crippen molar-refractivity contribution in [2.75, 3.05) is 5.75 Å². The SMILES string of the molecule is CC(C)(C)SC[C@H](N[C@H](O)N[C@@H](CCC(=O)O)C(=O)O)C(=O)O. The van der Waals surface area contributed by atoms with Gasteiger partial charge in [0.05, 0.1) is 0 Å². The summed E-state index contributed by atoms with van der Waals surface area (Å²) in [5.41, 5.74) is 0. The fraction of sp³-hybridized carbons (Fsp3) is 0.769. The zero-order valence-electron chi connectivity index (χ0n) is 13.3. The second-order valence-electron chi connectivity index (χ2n) is 5.87. The van der Waals surface area contributed by atoms with Crippen LogP contribution in [0.1, 0.15) is 33.6 Å². The van der Waals surface area contributed by atoms with Crippen molar-refractivity contribution in [1.82, 2.24) is 10.6 Å². The van der Waals surface area contributed by atoms with Crippen molar-refractivity contribution in [2.24, 2.45) is 0 Å². The van der Waals surface area contributed by atoms with Crippen LogP contribution in [0.3, 0.4) is 0 Å². The minimum absolute atomic E-state index is 0.168. The van der Waals surface area contributed by atoms with Gasteiger partial charge in [0.1, 0.15) is 12.1 Å². The molecular weight excluding hydrogens is 328 g/mol. The number of rotatable bonds is 11. The molecule has 0 heterocycles. The minimum atomic E-state index is -1.59. The normalized spacial score (nSPS) is 15.7. The Morgan fingerprint density at radius 1 is 1.00 bits per heavy atom. The Morgan fingerprint density at radius 2 is 1.48 bits per heavy atom. The van der Waals surface area contributed by atoms with Gasteiger partial charge >= 0.3 is 17.9 Å². The summed E-state index contributed by atoms with van der Waals surface area (Å²) in [5.74, 6) is -3.50. The van der Waals surface area contributed by atoms with Crippen LogP contribution in [0.4, 0.5) is 0 Å². The van der Waals surface area contributed by atoms with Gasteiger partial charge in [-0.3, -0.25) is 25.0 Å². The largest absolute Gasteiger partial charge is 0.481 e. The van der Waals surface area contributed by atoms with Crippen molar-refractivity contribution < 1.29 is 34.8 Å². The summed E-state index contributed by atoms with van der Waals surface area (Å²) in [6.45, 7) is 5.74. The van der Waals surface area contributed by atoms with Gasteiger partial charge in [-0.25, -0.2) is 0 Å². The van der Waals surface area contributed by atoms with Gasteiger partial charge in [0.15, 0.2) is 6.35 Å². The number of aliphatic carboxylic acids is 3. The lowest BCUT2D eigenvalue weighted by Crippen LogP contribution is -2.55. The first-order valence-electron chi connectivity index (χ1n) is 6.94. The van der Waals surface area contributed by atoms with E-state index >= 15 is 0 Å². The summed E-state index contributed by atoms with van der Waals surface area (Å²) in [6, 6.07) is -2.39. The second kappa shape index (κ2) is 9.71. The number of carboxylic acids is 3. The van der Waals surface area contributed by atoms with Crippen molar-refractivity contribution in [1.29, 1.82) is 0 Å². The van der Waals surface area contributed by atoms with Crippen LogP contribution in [0.5, 0.6) is 0 Å². The van der Waals surface area contributed by atoms with Crippen LogP contribution in [0.25, 0.3) is 0 Å². The van der Waals surface area contributed by atoms with Gasteiger partial charge in [0, 0.05) is 16.9 Å². The molecule has 0 aliphatic carbocycles. The Morgan fingerprint density at radius 3 is 1.87 bits per heavy atom. The standard InChI is InChI=1S/C13H24N2O7S/c1-13(2,3)23-6-8(11(20)21)15-12(22)14-7(10(18)19)4-5-9(16)17/h7-8,12,14-15,22H,4-6H2,1-3H3,(H,16,17)(H,18,19)(H,20,21)/t7-,8-,12+/m0/s1. The number of hydrogen-bond acceptors (Lipinski definition) is 7. The number of aliphatic hydroxyl groups excluding tert-OH is 1. The van der Waals surface area contributed by atoms with Crippen molar-refractivity contribution in [3.05, 3.63) is 0 Å². The van der Waals surface area contributed by atoms with Gasteiger partial charge in [-0.1, -0.05) is 20.8 Å². The predicted octanol–water partition coefficient (Wildman–Crippen LogP) is -0.256. The van der Waals surface area contributed by atoms with E-state index in [2.05, 4.69) is 10.6 Å². The fourth-order valence-corrected chi connectivity index (χ4v) is 2.40. The first-order chi connectivity index (χ1) is 10.4. The molecule has 0 unspecified atom stereocenters. The van der Waals surface area contributed by atoms with Gasteiger partial charge in [-0.05, 0) is 6.42 Å². The Balaban J connectivity index is 4.59. The maximum Gasteiger partial charge on any atom is 0.321 e. The van der Waals surface area contributed by atoms with E-state index in [4.69, 9.17) is 15.3 Å². The molecule has 0 aromatic rings. The predicted molar refractivity (Wildman–Crippen MR) is 84.2 cm³/mol. The zero-order valence-corrected chi connectivity index (χ0v) is 14.1. The molecular formula is C13H24N2O7S. The monoisotopic (exact) mass is 352 g/mol.